The van der Waals surface area contributed by atoms with Crippen LogP contribution in [0.4, 0.5) is 0 Å². The number of nitrogens with zero attached hydrogens (tertiary/aromatic N) is 2. The number of hydrogen-bond acceptors (Lipinski definition) is 5. The summed E-state index contributed by atoms with van der Waals surface area (Å²) in [6.45, 7) is 0.782. The molecule has 4 rings (SSSR count). The molecule has 6 nitrogen and oxygen atoms in total. The molecule has 1 amide bonds. The highest BCUT2D eigenvalue weighted by molar-refractivity contribution is 7.17. The summed E-state index contributed by atoms with van der Waals surface area (Å²) in [5.41, 5.74) is 1.90. The minimum atomic E-state index is -0.155. The fourth-order valence-electron chi connectivity index (χ4n) is 3.08. The molecule has 0 atom stereocenters. The number of nitrogens with one attached hydrogen (secondary N) is 1. The smallest absolute Gasteiger partial charge is 0.264 e. The normalized spacial score (nSPS) is 13.3. The maximum absolute atomic E-state index is 12.7. The molecule has 27 heavy (non-hydrogen) atoms. The van der Waals surface area contributed by atoms with E-state index in [9.17, 15) is 9.59 Å². The molecule has 1 aliphatic rings. The Morgan fingerprint density at radius 2 is 2.04 bits per heavy atom. The Hall–Kier alpha value is -2.64. The van der Waals surface area contributed by atoms with Gasteiger partial charge in [-0.25, -0.2) is 4.98 Å². The summed E-state index contributed by atoms with van der Waals surface area (Å²) >= 11 is 7.19. The molecule has 1 aromatic carbocycles. The Morgan fingerprint density at radius 1 is 1.26 bits per heavy atom. The van der Waals surface area contributed by atoms with E-state index >= 15 is 0 Å². The van der Waals surface area contributed by atoms with Crippen LogP contribution in [0.15, 0.2) is 41.2 Å². The first-order valence-corrected chi connectivity index (χ1v) is 9.55. The summed E-state index contributed by atoms with van der Waals surface area (Å²) in [4.78, 5) is 34.9. The zero-order chi connectivity index (χ0) is 19.0. The number of benzene rings is 1. The second-order valence-corrected chi connectivity index (χ2v) is 7.86. The molecular weight excluding hydrogens is 386 g/mol. The van der Waals surface area contributed by atoms with Gasteiger partial charge in [-0.3, -0.25) is 9.59 Å². The fourth-order valence-corrected chi connectivity index (χ4v) is 4.09. The second-order valence-electron chi connectivity index (χ2n) is 6.15. The molecule has 0 radical (unpaired) electrons. The van der Waals surface area contributed by atoms with Crippen LogP contribution in [0.3, 0.4) is 0 Å². The first-order valence-electron chi connectivity index (χ1n) is 8.36. The van der Waals surface area contributed by atoms with E-state index < -0.39 is 0 Å². The van der Waals surface area contributed by atoms with Gasteiger partial charge in [0.15, 0.2) is 0 Å². The number of H-pyrrole nitrogens is 1. The van der Waals surface area contributed by atoms with Gasteiger partial charge in [0.1, 0.15) is 11.6 Å². The van der Waals surface area contributed by atoms with E-state index in [4.69, 9.17) is 16.3 Å². The molecule has 138 valence electrons. The van der Waals surface area contributed by atoms with E-state index in [0.717, 1.165) is 11.3 Å². The predicted octanol–water partition coefficient (Wildman–Crippen LogP) is 3.36. The number of methoxy groups -OCH3 is 1. The van der Waals surface area contributed by atoms with Gasteiger partial charge >= 0.3 is 0 Å². The number of carbonyl (C=O) groups excluding carboxylic acids is 1. The van der Waals surface area contributed by atoms with Gasteiger partial charge in [-0.15, -0.1) is 11.3 Å². The third-order valence-electron chi connectivity index (χ3n) is 4.51. The molecule has 2 aromatic heterocycles. The van der Waals surface area contributed by atoms with Gasteiger partial charge in [0, 0.05) is 17.7 Å². The Kier molecular flexibility index (Phi) is 4.72. The minimum absolute atomic E-state index is 0.0920. The van der Waals surface area contributed by atoms with Crippen molar-refractivity contribution in [2.24, 2.45) is 0 Å². The van der Waals surface area contributed by atoms with E-state index in [2.05, 4.69) is 9.97 Å². The molecule has 0 unspecified atom stereocenters. The Bertz CT molecular complexity index is 1060. The summed E-state index contributed by atoms with van der Waals surface area (Å²) in [6.07, 6.45) is 0.478. The van der Waals surface area contributed by atoms with E-state index in [1.165, 1.54) is 11.3 Å². The molecule has 1 N–H and O–H groups in total. The Labute approximate surface area is 164 Å². The van der Waals surface area contributed by atoms with Gasteiger partial charge in [0.2, 0.25) is 0 Å². The van der Waals surface area contributed by atoms with Crippen LogP contribution in [0.25, 0.3) is 11.4 Å². The third kappa shape index (κ3) is 3.48. The zero-order valence-electron chi connectivity index (χ0n) is 14.5. The van der Waals surface area contributed by atoms with Crippen LogP contribution < -0.4 is 10.3 Å². The van der Waals surface area contributed by atoms with Crippen molar-refractivity contribution in [3.05, 3.63) is 67.2 Å². The van der Waals surface area contributed by atoms with Gasteiger partial charge < -0.3 is 14.6 Å². The van der Waals surface area contributed by atoms with Crippen molar-refractivity contribution < 1.29 is 9.53 Å². The van der Waals surface area contributed by atoms with Crippen LogP contribution in [0, 0.1) is 0 Å². The van der Waals surface area contributed by atoms with Crippen molar-refractivity contribution in [2.75, 3.05) is 13.7 Å². The quantitative estimate of drug-likeness (QED) is 0.730. The number of amides is 1. The van der Waals surface area contributed by atoms with E-state index in [1.54, 1.807) is 24.1 Å². The molecule has 3 heterocycles. The number of halogens is 1. The summed E-state index contributed by atoms with van der Waals surface area (Å²) in [5.74, 6) is 1.12. The first kappa shape index (κ1) is 17.8. The summed E-state index contributed by atoms with van der Waals surface area (Å²) in [6, 6.07) is 10.7. The molecule has 0 saturated heterocycles. The lowest BCUT2D eigenvalue weighted by Gasteiger charge is -2.27. The summed E-state index contributed by atoms with van der Waals surface area (Å²) in [7, 11) is 1.60. The molecule has 0 saturated carbocycles. The average molecular weight is 402 g/mol. The van der Waals surface area contributed by atoms with E-state index in [-0.39, 0.29) is 11.5 Å². The van der Waals surface area contributed by atoms with Crippen molar-refractivity contribution >= 4 is 28.8 Å². The van der Waals surface area contributed by atoms with Crippen molar-refractivity contribution in [1.29, 1.82) is 0 Å². The monoisotopic (exact) mass is 401 g/mol. The van der Waals surface area contributed by atoms with Gasteiger partial charge in [0.05, 0.1) is 28.6 Å². The molecule has 0 fully saturated rings. The lowest BCUT2D eigenvalue weighted by molar-refractivity contribution is 0.0736. The molecular formula is C19H16ClN3O3S. The fraction of sp³-hybridized carbons (Fsp3) is 0.211. The maximum atomic E-state index is 12.7. The number of carbonyl (C=O) groups is 1. The number of thiophene rings is 1. The molecule has 0 aliphatic carbocycles. The molecule has 0 bridgehead atoms. The third-order valence-corrected chi connectivity index (χ3v) is 5.73. The maximum Gasteiger partial charge on any atom is 0.264 e. The molecule has 0 spiro atoms. The summed E-state index contributed by atoms with van der Waals surface area (Å²) < 4.78 is 5.73. The Morgan fingerprint density at radius 3 is 2.70 bits per heavy atom. The zero-order valence-corrected chi connectivity index (χ0v) is 16.1. The Balaban J connectivity index is 1.64. The van der Waals surface area contributed by atoms with Gasteiger partial charge in [-0.1, -0.05) is 11.6 Å². The highest BCUT2D eigenvalue weighted by Crippen LogP contribution is 2.25. The van der Waals surface area contributed by atoms with Gasteiger partial charge in [0.25, 0.3) is 11.5 Å². The number of aromatic nitrogens is 2. The second kappa shape index (κ2) is 7.17. The van der Waals surface area contributed by atoms with Crippen molar-refractivity contribution in [3.63, 3.8) is 0 Å². The van der Waals surface area contributed by atoms with E-state index in [1.807, 2.05) is 24.3 Å². The van der Waals surface area contributed by atoms with Crippen molar-refractivity contribution in [1.82, 2.24) is 14.9 Å². The predicted molar refractivity (Wildman–Crippen MR) is 105 cm³/mol. The number of fused-ring (bicyclic) bond motifs is 1. The SMILES string of the molecule is COc1ccc(-c2nc3c(c(=O)[nH]2)CCN(C(=O)c2ccc(Cl)s2)C3)cc1. The van der Waals surface area contributed by atoms with Crippen LogP contribution in [-0.2, 0) is 13.0 Å². The average Bonchev–Trinajstić information content (AvgIpc) is 3.13. The van der Waals surface area contributed by atoms with Crippen LogP contribution in [-0.4, -0.2) is 34.4 Å². The van der Waals surface area contributed by atoms with E-state index in [0.29, 0.717) is 45.8 Å². The molecule has 8 heteroatoms. The highest BCUT2D eigenvalue weighted by Gasteiger charge is 2.26. The van der Waals surface area contributed by atoms with Crippen LogP contribution >= 0.6 is 22.9 Å². The molecule has 3 aromatic rings. The van der Waals surface area contributed by atoms with Gasteiger partial charge in [-0.2, -0.15) is 0 Å². The van der Waals surface area contributed by atoms with Crippen LogP contribution in [0.1, 0.15) is 20.9 Å². The molecule has 1 aliphatic heterocycles. The largest absolute Gasteiger partial charge is 0.497 e. The lowest BCUT2D eigenvalue weighted by atomic mass is 10.1. The van der Waals surface area contributed by atoms with Crippen molar-refractivity contribution in [2.45, 2.75) is 13.0 Å². The lowest BCUT2D eigenvalue weighted by Crippen LogP contribution is -2.38. The number of hydrogen-bond donors (Lipinski definition) is 1. The van der Waals surface area contributed by atoms with Gasteiger partial charge in [-0.05, 0) is 42.8 Å². The number of aromatic amines is 1. The first-order chi connectivity index (χ1) is 13.0. The topological polar surface area (TPSA) is 75.3 Å². The highest BCUT2D eigenvalue weighted by atomic mass is 35.5. The number of rotatable bonds is 3. The number of ether oxygens (including phenoxy) is 1. The standard InChI is InChI=1S/C19H16ClN3O3S/c1-26-12-4-2-11(3-5-12)17-21-14-10-23(9-8-13(14)18(24)22-17)19(25)15-6-7-16(20)27-15/h2-7H,8-10H2,1H3,(H,21,22,24). The van der Waals surface area contributed by atoms with Crippen molar-refractivity contribution in [3.8, 4) is 17.1 Å². The van der Waals surface area contributed by atoms with Crippen LogP contribution in [0.2, 0.25) is 4.34 Å². The summed E-state index contributed by atoms with van der Waals surface area (Å²) in [5, 5.41) is 0. The minimum Gasteiger partial charge on any atom is -0.497 e. The van der Waals surface area contributed by atoms with Crippen LogP contribution in [0.5, 0.6) is 5.75 Å².